The summed E-state index contributed by atoms with van der Waals surface area (Å²) in [5.74, 6) is -4.10. The van der Waals surface area contributed by atoms with E-state index in [0.29, 0.717) is 16.5 Å². The zero-order valence-electron chi connectivity index (χ0n) is 30.0. The average Bonchev–Trinajstić information content (AvgIpc) is 3.78. The average molecular weight is 799 g/mol. The van der Waals surface area contributed by atoms with E-state index < -0.39 is 66.3 Å². The fraction of sp³-hybridized carbons (Fsp3) is 0.381. The van der Waals surface area contributed by atoms with E-state index in [1.165, 1.54) is 12.0 Å². The fourth-order valence-electron chi connectivity index (χ4n) is 8.37. The molecule has 3 amide bonds. The Morgan fingerprint density at radius 1 is 0.907 bits per heavy atom. The van der Waals surface area contributed by atoms with Crippen LogP contribution in [0.2, 0.25) is 0 Å². The molecule has 2 saturated heterocycles. The largest absolute Gasteiger partial charge is 0.455 e. The first-order valence-electron chi connectivity index (χ1n) is 18.3. The van der Waals surface area contributed by atoms with Crippen molar-refractivity contribution in [3.05, 3.63) is 130 Å². The summed E-state index contributed by atoms with van der Waals surface area (Å²) in [5, 5.41) is 14.0. The molecule has 7 rings (SSSR count). The molecular weight excluding hydrogens is 754 g/mol. The van der Waals surface area contributed by atoms with Gasteiger partial charge in [0.25, 0.3) is 0 Å². The highest BCUT2D eigenvalue weighted by Crippen LogP contribution is 2.59. The number of hydrogen-bond donors (Lipinski definition) is 2. The lowest BCUT2D eigenvalue weighted by atomic mass is 9.74. The van der Waals surface area contributed by atoms with E-state index >= 15 is 9.59 Å². The highest BCUT2D eigenvalue weighted by Gasteiger charge is 2.75. The molecule has 5 bridgehead atoms. The second kappa shape index (κ2) is 16.4. The van der Waals surface area contributed by atoms with E-state index in [1.54, 1.807) is 23.1 Å². The van der Waals surface area contributed by atoms with Crippen LogP contribution in [-0.2, 0) is 46.4 Å². The predicted molar refractivity (Wildman–Crippen MR) is 203 cm³/mol. The fourth-order valence-corrected chi connectivity index (χ4v) is 9.11. The van der Waals surface area contributed by atoms with Gasteiger partial charge in [0.05, 0.1) is 31.2 Å². The molecule has 0 unspecified atom stereocenters. The Kier molecular flexibility index (Phi) is 11.4. The number of ether oxygens (including phenoxy) is 3. The molecule has 8 atom stereocenters. The smallest absolute Gasteiger partial charge is 0.313 e. The Hall–Kier alpha value is -4.62. The molecule has 4 aliphatic heterocycles. The van der Waals surface area contributed by atoms with Gasteiger partial charge in [-0.3, -0.25) is 19.2 Å². The van der Waals surface area contributed by atoms with Gasteiger partial charge >= 0.3 is 5.97 Å². The van der Waals surface area contributed by atoms with Gasteiger partial charge < -0.3 is 34.4 Å². The predicted octanol–water partition coefficient (Wildman–Crippen LogP) is 4.26. The van der Waals surface area contributed by atoms with Crippen molar-refractivity contribution < 1.29 is 38.5 Å². The Labute approximate surface area is 323 Å². The summed E-state index contributed by atoms with van der Waals surface area (Å²) >= 11 is 3.63. The number of likely N-dealkylation sites (tertiary alicyclic amines) is 1. The number of fused-ring (bicyclic) bond motifs is 2. The normalized spacial score (nSPS) is 29.7. The molecule has 54 heavy (non-hydrogen) atoms. The molecule has 2 N–H and O–H groups in total. The van der Waals surface area contributed by atoms with Crippen molar-refractivity contribution >= 4 is 39.6 Å². The molecular formula is C42H44BrN3O8. The molecule has 282 valence electrons. The van der Waals surface area contributed by atoms with E-state index in [-0.39, 0.29) is 44.4 Å². The van der Waals surface area contributed by atoms with E-state index in [1.807, 2.05) is 91.0 Å². The summed E-state index contributed by atoms with van der Waals surface area (Å²) < 4.78 is 19.1. The van der Waals surface area contributed by atoms with Crippen molar-refractivity contribution in [1.29, 1.82) is 0 Å². The molecule has 0 aromatic heterocycles. The van der Waals surface area contributed by atoms with Crippen molar-refractivity contribution in [3.8, 4) is 0 Å². The number of cyclic esters (lactones) is 1. The summed E-state index contributed by atoms with van der Waals surface area (Å²) in [6, 6.07) is 25.3. The second-order valence-corrected chi connectivity index (χ2v) is 15.1. The molecule has 0 radical (unpaired) electrons. The van der Waals surface area contributed by atoms with Crippen LogP contribution in [0.1, 0.15) is 35.6 Å². The number of carbonyl (C=O) groups is 4. The summed E-state index contributed by atoms with van der Waals surface area (Å²) in [6.45, 7) is 0.0256. The molecule has 11 nitrogen and oxygen atoms in total. The lowest BCUT2D eigenvalue weighted by Gasteiger charge is -2.39. The van der Waals surface area contributed by atoms with Gasteiger partial charge in [-0.25, -0.2) is 0 Å². The number of carbonyl (C=O) groups excluding carboxylic acids is 4. The minimum atomic E-state index is -1.54. The molecule has 4 aliphatic rings. The zero-order valence-corrected chi connectivity index (χ0v) is 31.5. The van der Waals surface area contributed by atoms with Crippen LogP contribution < -0.4 is 5.32 Å². The minimum absolute atomic E-state index is 0.0470. The third-order valence-corrected chi connectivity index (χ3v) is 11.5. The molecule has 3 aromatic carbocycles. The van der Waals surface area contributed by atoms with Gasteiger partial charge in [-0.15, -0.1) is 0 Å². The number of rotatable bonds is 9. The topological polar surface area (TPSA) is 135 Å². The molecule has 2 fully saturated rings. The van der Waals surface area contributed by atoms with Crippen LogP contribution in [-0.4, -0.2) is 95.3 Å². The molecule has 12 heteroatoms. The number of aliphatic hydroxyl groups is 1. The van der Waals surface area contributed by atoms with Crippen LogP contribution in [0.4, 0.5) is 0 Å². The summed E-state index contributed by atoms with van der Waals surface area (Å²) in [7, 11) is 1.51. The first kappa shape index (κ1) is 37.7. The number of esters is 1. The SMILES string of the molecule is COC[C@@H]1NC(=O)CC/C=C\CN(Cc2ccccc2)C(=O)[C@H]2N([C@@H](CO)Cc3ccccc3)C(=O)[C@@H]3[C@@H](C(=O)O[C@H]1c1ccccc1)[C@@H]1O[C@@]32C=C1Br. The molecule has 0 saturated carbocycles. The number of amides is 3. The van der Waals surface area contributed by atoms with E-state index in [9.17, 15) is 14.7 Å². The van der Waals surface area contributed by atoms with Crippen molar-refractivity contribution in [3.63, 3.8) is 0 Å². The van der Waals surface area contributed by atoms with Crippen LogP contribution in [0.15, 0.2) is 114 Å². The number of hydrogen-bond acceptors (Lipinski definition) is 8. The quantitative estimate of drug-likeness (QED) is 0.243. The number of benzene rings is 3. The van der Waals surface area contributed by atoms with Gasteiger partial charge in [-0.2, -0.15) is 0 Å². The summed E-state index contributed by atoms with van der Waals surface area (Å²) in [6.07, 6.45) is 4.41. The van der Waals surface area contributed by atoms with Crippen LogP contribution >= 0.6 is 15.9 Å². The van der Waals surface area contributed by atoms with E-state index in [0.717, 1.165) is 11.1 Å². The van der Waals surface area contributed by atoms with Gasteiger partial charge in [-0.05, 0) is 35.6 Å². The number of aliphatic hydroxyl groups excluding tert-OH is 1. The van der Waals surface area contributed by atoms with Gasteiger partial charge in [0, 0.05) is 31.1 Å². The lowest BCUT2D eigenvalue weighted by Crippen LogP contribution is -2.58. The maximum atomic E-state index is 15.2. The Morgan fingerprint density at radius 2 is 1.57 bits per heavy atom. The molecule has 1 spiro atoms. The lowest BCUT2D eigenvalue weighted by molar-refractivity contribution is -0.163. The van der Waals surface area contributed by atoms with Gasteiger partial charge in [0.15, 0.2) is 0 Å². The maximum Gasteiger partial charge on any atom is 0.313 e. The molecule has 4 heterocycles. The second-order valence-electron chi connectivity index (χ2n) is 14.2. The number of nitrogens with zero attached hydrogens (tertiary/aromatic N) is 2. The highest BCUT2D eigenvalue weighted by atomic mass is 79.9. The van der Waals surface area contributed by atoms with Crippen molar-refractivity contribution in [2.75, 3.05) is 26.9 Å². The molecule has 0 aliphatic carbocycles. The standard InChI is InChI=1S/C42H44BrN3O8/c1-52-26-32-36(29-18-10-4-11-19-29)53-41(51)34-35-39(49)46(30(25-47)22-27-14-6-2-7-15-27)38(42(35)23-31(43)37(34)54-42)40(50)45(24-28-16-8-3-9-17-28)21-13-5-12-20-33(48)44-32/h2-11,13-19,23,30,32,34-38,47H,12,20-22,24-26H2,1H3,(H,44,48)/b13-5-/t30-,32+,34-,35+,36+,37-,38-,42+/m1/s1. The molecule has 3 aromatic rings. The van der Waals surface area contributed by atoms with E-state index in [4.69, 9.17) is 14.2 Å². The van der Waals surface area contributed by atoms with Crippen LogP contribution in [0.25, 0.3) is 0 Å². The third-order valence-electron chi connectivity index (χ3n) is 10.8. The van der Waals surface area contributed by atoms with Crippen LogP contribution in [0, 0.1) is 11.8 Å². The van der Waals surface area contributed by atoms with Crippen molar-refractivity contribution in [1.82, 2.24) is 15.1 Å². The first-order chi connectivity index (χ1) is 26.3. The van der Waals surface area contributed by atoms with Crippen LogP contribution in [0.3, 0.4) is 0 Å². The zero-order chi connectivity index (χ0) is 37.8. The van der Waals surface area contributed by atoms with Gasteiger partial charge in [-0.1, -0.05) is 119 Å². The monoisotopic (exact) mass is 797 g/mol. The van der Waals surface area contributed by atoms with E-state index in [2.05, 4.69) is 21.2 Å². The number of allylic oxidation sites excluding steroid dienone is 1. The van der Waals surface area contributed by atoms with Crippen molar-refractivity contribution in [2.45, 2.75) is 61.7 Å². The third kappa shape index (κ3) is 7.27. The summed E-state index contributed by atoms with van der Waals surface area (Å²) in [4.78, 5) is 61.4. The summed E-state index contributed by atoms with van der Waals surface area (Å²) in [5.41, 5.74) is 0.842. The van der Waals surface area contributed by atoms with Crippen LogP contribution in [0.5, 0.6) is 0 Å². The number of halogens is 1. The Bertz CT molecular complexity index is 1890. The number of nitrogens with one attached hydrogen (secondary N) is 1. The van der Waals surface area contributed by atoms with Gasteiger partial charge in [0.2, 0.25) is 17.7 Å². The number of methoxy groups -OCH3 is 1. The van der Waals surface area contributed by atoms with Gasteiger partial charge in [0.1, 0.15) is 29.8 Å². The van der Waals surface area contributed by atoms with Crippen molar-refractivity contribution in [2.24, 2.45) is 11.8 Å². The first-order valence-corrected chi connectivity index (χ1v) is 19.1. The Balaban J connectivity index is 1.35. The highest BCUT2D eigenvalue weighted by molar-refractivity contribution is 9.11. The maximum absolute atomic E-state index is 15.2. The minimum Gasteiger partial charge on any atom is -0.455 e. The Morgan fingerprint density at radius 3 is 2.24 bits per heavy atom.